The first-order chi connectivity index (χ1) is 17.2. The third kappa shape index (κ3) is 5.64. The third-order valence-corrected chi connectivity index (χ3v) is 7.91. The Hall–Kier alpha value is -1.93. The summed E-state index contributed by atoms with van der Waals surface area (Å²) < 4.78 is 36.5. The van der Waals surface area contributed by atoms with Crippen LogP contribution in [0.4, 0.5) is 8.78 Å². The van der Waals surface area contributed by atoms with Crippen molar-refractivity contribution < 1.29 is 23.4 Å². The van der Waals surface area contributed by atoms with E-state index in [1.54, 1.807) is 36.4 Å². The van der Waals surface area contributed by atoms with Gasteiger partial charge < -0.3 is 20.1 Å². The summed E-state index contributed by atoms with van der Waals surface area (Å²) in [5.74, 6) is -5.60. The molecule has 1 amide bonds. The highest BCUT2D eigenvalue weighted by atomic mass is 35.5. The largest absolute Gasteiger partial charge is 0.489 e. The van der Waals surface area contributed by atoms with Crippen LogP contribution in [-0.2, 0) is 17.6 Å². The number of carbonyl (C=O) groups is 1. The number of benzene rings is 2. The first kappa shape index (κ1) is 25.7. The van der Waals surface area contributed by atoms with E-state index in [1.165, 1.54) is 0 Å². The number of likely N-dealkylation sites (tertiary alicyclic amines) is 1. The second-order valence-electron chi connectivity index (χ2n) is 10.2. The summed E-state index contributed by atoms with van der Waals surface area (Å²) in [7, 11) is 0. The summed E-state index contributed by atoms with van der Waals surface area (Å²) in [5.41, 5.74) is 1.98. The number of fused-ring (bicyclic) bond motifs is 1. The minimum Gasteiger partial charge on any atom is -0.489 e. The van der Waals surface area contributed by atoms with Crippen LogP contribution in [0.15, 0.2) is 36.4 Å². The highest BCUT2D eigenvalue weighted by Crippen LogP contribution is 2.39. The van der Waals surface area contributed by atoms with Gasteiger partial charge in [0, 0.05) is 17.5 Å². The minimum atomic E-state index is -3.60. The van der Waals surface area contributed by atoms with Crippen molar-refractivity contribution in [2.24, 2.45) is 5.92 Å². The quantitative estimate of drug-likeness (QED) is 0.460. The zero-order chi connectivity index (χ0) is 25.4. The van der Waals surface area contributed by atoms with Gasteiger partial charge in [-0.15, -0.1) is 0 Å². The summed E-state index contributed by atoms with van der Waals surface area (Å²) in [6.45, 7) is 1.85. The van der Waals surface area contributed by atoms with E-state index in [0.29, 0.717) is 21.4 Å². The average molecular weight is 539 g/mol. The number of nitrogens with one attached hydrogen (secondary N) is 1. The number of hydrogen-bond donors (Lipinski definition) is 2. The van der Waals surface area contributed by atoms with Gasteiger partial charge in [0.15, 0.2) is 0 Å². The molecule has 0 aromatic heterocycles. The molecule has 1 saturated heterocycles. The highest BCUT2D eigenvalue weighted by molar-refractivity contribution is 6.32. The van der Waals surface area contributed by atoms with Crippen LogP contribution in [0.1, 0.15) is 48.5 Å². The van der Waals surface area contributed by atoms with Crippen molar-refractivity contribution in [1.82, 2.24) is 10.2 Å². The molecule has 5 nitrogen and oxygen atoms in total. The zero-order valence-electron chi connectivity index (χ0n) is 19.9. The molecule has 2 fully saturated rings. The molecular formula is C27H30Cl2F2N2O3. The van der Waals surface area contributed by atoms with E-state index >= 15 is 8.78 Å². The Kier molecular flexibility index (Phi) is 7.46. The van der Waals surface area contributed by atoms with Crippen LogP contribution in [0.2, 0.25) is 10.0 Å². The van der Waals surface area contributed by atoms with E-state index in [0.717, 1.165) is 49.9 Å². The topological polar surface area (TPSA) is 61.8 Å². The van der Waals surface area contributed by atoms with E-state index in [9.17, 15) is 9.90 Å². The second-order valence-corrected chi connectivity index (χ2v) is 11.0. The Morgan fingerprint density at radius 1 is 1.11 bits per heavy atom. The summed E-state index contributed by atoms with van der Waals surface area (Å²) >= 11 is 12.4. The Morgan fingerprint density at radius 2 is 1.83 bits per heavy atom. The Balaban J connectivity index is 1.31. The molecule has 1 saturated carbocycles. The number of nitrogens with zero attached hydrogens (tertiary/aromatic N) is 1. The molecule has 9 heteroatoms. The molecule has 3 unspecified atom stereocenters. The van der Waals surface area contributed by atoms with Crippen LogP contribution in [-0.4, -0.2) is 53.6 Å². The zero-order valence-corrected chi connectivity index (χ0v) is 21.4. The van der Waals surface area contributed by atoms with Crippen LogP contribution in [0.5, 0.6) is 5.75 Å². The lowest BCUT2D eigenvalue weighted by atomic mass is 9.95. The number of amides is 1. The highest BCUT2D eigenvalue weighted by Gasteiger charge is 2.50. The molecule has 5 rings (SSSR count). The smallest absolute Gasteiger partial charge is 0.327 e. The molecule has 0 spiro atoms. The van der Waals surface area contributed by atoms with Crippen LogP contribution < -0.4 is 10.1 Å². The van der Waals surface area contributed by atoms with Crippen LogP contribution in [0, 0.1) is 5.92 Å². The van der Waals surface area contributed by atoms with E-state index in [2.05, 4.69) is 10.2 Å². The van der Waals surface area contributed by atoms with Crippen LogP contribution in [0.25, 0.3) is 0 Å². The predicted octanol–water partition coefficient (Wildman–Crippen LogP) is 5.20. The van der Waals surface area contributed by atoms with Gasteiger partial charge in [0.1, 0.15) is 11.9 Å². The second kappa shape index (κ2) is 10.4. The van der Waals surface area contributed by atoms with Crippen molar-refractivity contribution in [3.8, 4) is 5.75 Å². The normalized spacial score (nSPS) is 21.8. The lowest BCUT2D eigenvalue weighted by Crippen LogP contribution is -2.54. The molecule has 36 heavy (non-hydrogen) atoms. The number of halogens is 4. The number of aliphatic hydroxyl groups excluding tert-OH is 1. The van der Waals surface area contributed by atoms with Crippen molar-refractivity contribution in [3.05, 3.63) is 63.1 Å². The Labute approximate surface area is 219 Å². The summed E-state index contributed by atoms with van der Waals surface area (Å²) in [4.78, 5) is 15.1. The van der Waals surface area contributed by atoms with Gasteiger partial charge in [0.05, 0.1) is 17.2 Å². The maximum atomic E-state index is 15.4. The first-order valence-electron chi connectivity index (χ1n) is 12.5. The number of carbonyl (C=O) groups excluding carboxylic acids is 1. The maximum absolute atomic E-state index is 15.4. The van der Waals surface area contributed by atoms with Gasteiger partial charge in [-0.25, -0.2) is 0 Å². The van der Waals surface area contributed by atoms with Gasteiger partial charge in [0.25, 0.3) is 5.91 Å². The molecule has 2 aromatic carbocycles. The fourth-order valence-corrected chi connectivity index (χ4v) is 5.58. The number of aliphatic hydroxyl groups is 1. The van der Waals surface area contributed by atoms with Crippen molar-refractivity contribution in [2.45, 2.75) is 62.7 Å². The van der Waals surface area contributed by atoms with Gasteiger partial charge in [-0.3, -0.25) is 4.79 Å². The van der Waals surface area contributed by atoms with Crippen molar-refractivity contribution in [2.75, 3.05) is 19.6 Å². The number of hydrogen-bond acceptors (Lipinski definition) is 4. The maximum Gasteiger partial charge on any atom is 0.327 e. The molecule has 3 aliphatic rings. The van der Waals surface area contributed by atoms with Crippen LogP contribution >= 0.6 is 23.2 Å². The van der Waals surface area contributed by atoms with Crippen molar-refractivity contribution in [1.29, 1.82) is 0 Å². The van der Waals surface area contributed by atoms with Gasteiger partial charge in [0.2, 0.25) is 0 Å². The van der Waals surface area contributed by atoms with Gasteiger partial charge >= 0.3 is 5.92 Å². The molecule has 3 atom stereocenters. The molecule has 1 heterocycles. The summed E-state index contributed by atoms with van der Waals surface area (Å²) in [6.07, 6.45) is 3.09. The minimum absolute atomic E-state index is 0.0771. The third-order valence-electron chi connectivity index (χ3n) is 7.38. The van der Waals surface area contributed by atoms with E-state index in [1.807, 2.05) is 0 Å². The first-order valence-corrected chi connectivity index (χ1v) is 13.3. The predicted molar refractivity (Wildman–Crippen MR) is 135 cm³/mol. The fourth-order valence-electron chi connectivity index (χ4n) is 5.16. The van der Waals surface area contributed by atoms with Crippen LogP contribution in [0.3, 0.4) is 0 Å². The van der Waals surface area contributed by atoms with Gasteiger partial charge in [-0.2, -0.15) is 8.78 Å². The molecule has 0 radical (unpaired) electrons. The van der Waals surface area contributed by atoms with E-state index in [-0.39, 0.29) is 25.5 Å². The van der Waals surface area contributed by atoms with Crippen molar-refractivity contribution in [3.63, 3.8) is 0 Å². The van der Waals surface area contributed by atoms with E-state index < -0.39 is 29.9 Å². The SMILES string of the molecule is O=C(NC(CN1CCCC1)C(O)c1ccc(OC2CC2)c(Cl)c1)C(F)(F)C1Cc2ccc(Cl)cc2C1. The van der Waals surface area contributed by atoms with Crippen molar-refractivity contribution >= 4 is 29.1 Å². The lowest BCUT2D eigenvalue weighted by Gasteiger charge is -2.31. The lowest BCUT2D eigenvalue weighted by molar-refractivity contribution is -0.155. The summed E-state index contributed by atoms with van der Waals surface area (Å²) in [5, 5.41) is 14.5. The molecule has 0 bridgehead atoms. The summed E-state index contributed by atoms with van der Waals surface area (Å²) in [6, 6.07) is 9.12. The van der Waals surface area contributed by atoms with Gasteiger partial charge in [-0.1, -0.05) is 35.3 Å². The molecule has 194 valence electrons. The Bertz CT molecular complexity index is 1120. The molecular weight excluding hydrogens is 509 g/mol. The number of rotatable bonds is 9. The molecule has 2 N–H and O–H groups in total. The van der Waals surface area contributed by atoms with Gasteiger partial charge in [-0.05, 0) is 92.6 Å². The fraction of sp³-hybridized carbons (Fsp3) is 0.519. The average Bonchev–Trinajstić information content (AvgIpc) is 3.32. The monoisotopic (exact) mass is 538 g/mol. The number of alkyl halides is 2. The molecule has 1 aliphatic heterocycles. The van der Waals surface area contributed by atoms with E-state index in [4.69, 9.17) is 27.9 Å². The molecule has 2 aromatic rings. The standard InChI is InChI=1S/C27H30Cl2F2N2O3/c28-20-5-3-16-11-19(12-18(16)13-20)27(30,31)26(35)32-23(15-33-9-1-2-10-33)25(34)17-4-8-24(22(29)14-17)36-21-6-7-21/h3-5,8,13-14,19,21,23,25,34H,1-2,6-7,9-12,15H2,(H,32,35). The molecule has 2 aliphatic carbocycles. The number of ether oxygens (including phenoxy) is 1. The Morgan fingerprint density at radius 3 is 2.53 bits per heavy atom.